The Morgan fingerprint density at radius 3 is 2.92 bits per heavy atom. The fraction of sp³-hybridized carbons (Fsp3) is 0.300. The highest BCUT2D eigenvalue weighted by atomic mass is 127. The van der Waals surface area contributed by atoms with Crippen molar-refractivity contribution in [3.63, 3.8) is 0 Å². The van der Waals surface area contributed by atoms with Crippen LogP contribution in [0.3, 0.4) is 0 Å². The number of aryl methyl sites for hydroxylation is 1. The van der Waals surface area contributed by atoms with E-state index in [1.54, 1.807) is 0 Å². The van der Waals surface area contributed by atoms with Crippen LogP contribution >= 0.6 is 22.6 Å². The second-order valence-corrected chi connectivity index (χ2v) is 4.16. The van der Waals surface area contributed by atoms with Gasteiger partial charge in [-0.05, 0) is 47.2 Å². The Hall–Kier alpha value is -0.580. The van der Waals surface area contributed by atoms with Gasteiger partial charge < -0.3 is 4.74 Å². The molecule has 0 N–H and O–H groups in total. The highest BCUT2D eigenvalue weighted by molar-refractivity contribution is 14.1. The minimum absolute atomic E-state index is 0.722. The standard InChI is InChI=1S/C10H10INO/c1-7-2-3-8(6-9(7)11)10-12-4-5-13-10/h2-3,6H,4-5H2,1H3. The summed E-state index contributed by atoms with van der Waals surface area (Å²) >= 11 is 2.33. The number of benzene rings is 1. The normalized spacial score (nSPS) is 15.4. The second kappa shape index (κ2) is 3.65. The van der Waals surface area contributed by atoms with Gasteiger partial charge in [-0.25, -0.2) is 4.99 Å². The van der Waals surface area contributed by atoms with Crippen molar-refractivity contribution in [3.8, 4) is 0 Å². The smallest absolute Gasteiger partial charge is 0.216 e. The molecule has 0 fully saturated rings. The maximum absolute atomic E-state index is 5.38. The molecule has 0 saturated carbocycles. The number of hydrogen-bond donors (Lipinski definition) is 0. The summed E-state index contributed by atoms with van der Waals surface area (Å²) in [5.74, 6) is 0.790. The summed E-state index contributed by atoms with van der Waals surface area (Å²) in [4.78, 5) is 4.27. The maximum atomic E-state index is 5.38. The number of ether oxygens (including phenoxy) is 1. The first-order chi connectivity index (χ1) is 6.27. The minimum atomic E-state index is 0.722. The summed E-state index contributed by atoms with van der Waals surface area (Å²) in [6, 6.07) is 6.27. The first-order valence-electron chi connectivity index (χ1n) is 4.21. The zero-order valence-corrected chi connectivity index (χ0v) is 9.54. The van der Waals surface area contributed by atoms with E-state index in [-0.39, 0.29) is 0 Å². The van der Waals surface area contributed by atoms with Crippen LogP contribution in [0.5, 0.6) is 0 Å². The molecule has 0 saturated heterocycles. The maximum Gasteiger partial charge on any atom is 0.216 e. The fourth-order valence-corrected chi connectivity index (χ4v) is 1.75. The zero-order valence-electron chi connectivity index (χ0n) is 7.38. The molecule has 0 spiro atoms. The predicted octanol–water partition coefficient (Wildman–Crippen LogP) is 2.38. The third-order valence-corrected chi connectivity index (χ3v) is 3.17. The van der Waals surface area contributed by atoms with Crippen LogP contribution in [0.1, 0.15) is 11.1 Å². The number of halogens is 1. The van der Waals surface area contributed by atoms with Crippen molar-refractivity contribution in [3.05, 3.63) is 32.9 Å². The van der Waals surface area contributed by atoms with Crippen LogP contribution < -0.4 is 0 Å². The molecule has 0 amide bonds. The minimum Gasteiger partial charge on any atom is -0.476 e. The molecular formula is C10H10INO. The van der Waals surface area contributed by atoms with Crippen LogP contribution in [-0.2, 0) is 4.74 Å². The van der Waals surface area contributed by atoms with Gasteiger partial charge in [-0.2, -0.15) is 0 Å². The molecule has 1 aliphatic rings. The molecule has 2 nitrogen and oxygen atoms in total. The molecule has 3 heteroatoms. The van der Waals surface area contributed by atoms with Gasteiger partial charge in [0.1, 0.15) is 6.61 Å². The van der Waals surface area contributed by atoms with E-state index in [1.165, 1.54) is 9.13 Å². The number of rotatable bonds is 1. The van der Waals surface area contributed by atoms with Crippen molar-refractivity contribution in [2.24, 2.45) is 4.99 Å². The summed E-state index contributed by atoms with van der Waals surface area (Å²) < 4.78 is 6.64. The van der Waals surface area contributed by atoms with Crippen molar-refractivity contribution in [2.75, 3.05) is 13.2 Å². The van der Waals surface area contributed by atoms with Gasteiger partial charge in [0.2, 0.25) is 5.90 Å². The highest BCUT2D eigenvalue weighted by Crippen LogP contribution is 2.15. The lowest BCUT2D eigenvalue weighted by Crippen LogP contribution is -2.01. The van der Waals surface area contributed by atoms with Crippen LogP contribution in [0.4, 0.5) is 0 Å². The molecule has 0 aromatic heterocycles. The van der Waals surface area contributed by atoms with Crippen molar-refractivity contribution < 1.29 is 4.74 Å². The van der Waals surface area contributed by atoms with E-state index in [0.717, 1.165) is 24.6 Å². The lowest BCUT2D eigenvalue weighted by atomic mass is 10.1. The lowest BCUT2D eigenvalue weighted by Gasteiger charge is -2.03. The molecule has 13 heavy (non-hydrogen) atoms. The predicted molar refractivity (Wildman–Crippen MR) is 61.3 cm³/mol. The van der Waals surface area contributed by atoms with Crippen molar-refractivity contribution in [1.82, 2.24) is 0 Å². The summed E-state index contributed by atoms with van der Waals surface area (Å²) in [5.41, 5.74) is 2.38. The van der Waals surface area contributed by atoms with Crippen LogP contribution in [0.15, 0.2) is 23.2 Å². The van der Waals surface area contributed by atoms with E-state index in [9.17, 15) is 0 Å². The summed E-state index contributed by atoms with van der Waals surface area (Å²) in [5, 5.41) is 0. The van der Waals surface area contributed by atoms with Gasteiger partial charge in [0.25, 0.3) is 0 Å². The summed E-state index contributed by atoms with van der Waals surface area (Å²) in [7, 11) is 0. The molecule has 1 aromatic carbocycles. The Kier molecular flexibility index (Phi) is 2.53. The Morgan fingerprint density at radius 2 is 2.31 bits per heavy atom. The van der Waals surface area contributed by atoms with Gasteiger partial charge in [0, 0.05) is 9.13 Å². The molecule has 1 heterocycles. The SMILES string of the molecule is Cc1ccc(C2=NCCO2)cc1I. The average Bonchev–Trinajstić information content (AvgIpc) is 2.62. The molecule has 68 valence electrons. The third kappa shape index (κ3) is 1.85. The molecule has 1 aliphatic heterocycles. The van der Waals surface area contributed by atoms with Crippen molar-refractivity contribution >= 4 is 28.5 Å². The number of hydrogen-bond acceptors (Lipinski definition) is 2. The van der Waals surface area contributed by atoms with E-state index in [1.807, 2.05) is 0 Å². The van der Waals surface area contributed by atoms with Crippen molar-refractivity contribution in [2.45, 2.75) is 6.92 Å². The second-order valence-electron chi connectivity index (χ2n) is 3.00. The highest BCUT2D eigenvalue weighted by Gasteiger charge is 2.10. The van der Waals surface area contributed by atoms with Gasteiger partial charge in [-0.15, -0.1) is 0 Å². The van der Waals surface area contributed by atoms with Crippen molar-refractivity contribution in [1.29, 1.82) is 0 Å². The first-order valence-corrected chi connectivity index (χ1v) is 5.29. The zero-order chi connectivity index (χ0) is 9.26. The topological polar surface area (TPSA) is 21.6 Å². The number of aliphatic imine (C=N–C) groups is 1. The van der Waals surface area contributed by atoms with Gasteiger partial charge in [-0.1, -0.05) is 6.07 Å². The molecule has 0 radical (unpaired) electrons. The number of nitrogens with zero attached hydrogens (tertiary/aromatic N) is 1. The molecular weight excluding hydrogens is 277 g/mol. The molecule has 1 aromatic rings. The van der Waals surface area contributed by atoms with E-state index in [4.69, 9.17) is 4.74 Å². The molecule has 0 atom stereocenters. The summed E-state index contributed by atoms with van der Waals surface area (Å²) in [6.45, 7) is 3.61. The molecule has 0 unspecified atom stereocenters. The van der Waals surface area contributed by atoms with Gasteiger partial charge >= 0.3 is 0 Å². The Balaban J connectivity index is 2.36. The molecule has 0 aliphatic carbocycles. The third-order valence-electron chi connectivity index (χ3n) is 2.00. The van der Waals surface area contributed by atoms with Crippen LogP contribution in [-0.4, -0.2) is 19.0 Å². The quantitative estimate of drug-likeness (QED) is 0.727. The van der Waals surface area contributed by atoms with E-state index in [2.05, 4.69) is 52.7 Å². The lowest BCUT2D eigenvalue weighted by molar-refractivity contribution is 0.348. The van der Waals surface area contributed by atoms with Gasteiger partial charge in [0.05, 0.1) is 6.54 Å². The largest absolute Gasteiger partial charge is 0.476 e. The Bertz CT molecular complexity index is 360. The Morgan fingerprint density at radius 1 is 1.46 bits per heavy atom. The molecule has 2 rings (SSSR count). The Labute approximate surface area is 91.2 Å². The monoisotopic (exact) mass is 287 g/mol. The fourth-order valence-electron chi connectivity index (χ4n) is 1.24. The first kappa shape index (κ1) is 8.99. The average molecular weight is 287 g/mol. The van der Waals surface area contributed by atoms with Gasteiger partial charge in [-0.3, -0.25) is 0 Å². The molecule has 0 bridgehead atoms. The van der Waals surface area contributed by atoms with Crippen LogP contribution in [0, 0.1) is 10.5 Å². The van der Waals surface area contributed by atoms with E-state index in [0.29, 0.717) is 0 Å². The van der Waals surface area contributed by atoms with Crippen LogP contribution in [0.25, 0.3) is 0 Å². The van der Waals surface area contributed by atoms with E-state index >= 15 is 0 Å². The van der Waals surface area contributed by atoms with Gasteiger partial charge in [0.15, 0.2) is 0 Å². The summed E-state index contributed by atoms with van der Waals surface area (Å²) in [6.07, 6.45) is 0. The van der Waals surface area contributed by atoms with E-state index < -0.39 is 0 Å². The van der Waals surface area contributed by atoms with Crippen LogP contribution in [0.2, 0.25) is 0 Å².